The number of aromatic hydroxyl groups is 1. The summed E-state index contributed by atoms with van der Waals surface area (Å²) in [6, 6.07) is 16.8. The molecule has 0 amide bonds. The molecule has 0 bridgehead atoms. The summed E-state index contributed by atoms with van der Waals surface area (Å²) in [6.07, 6.45) is -1.45. The molecule has 0 unspecified atom stereocenters. The molecule has 2 N–H and O–H groups in total. The van der Waals surface area contributed by atoms with Crippen LogP contribution in [-0.4, -0.2) is 28.3 Å². The highest BCUT2D eigenvalue weighted by atomic mass is 16.7. The van der Waals surface area contributed by atoms with Gasteiger partial charge in [-0.1, -0.05) is 0 Å². The normalized spacial score (nSPS) is 10.1. The Morgan fingerprint density at radius 3 is 1.28 bits per heavy atom. The number of rotatable bonds is 5. The Kier molecular flexibility index (Phi) is 5.74. The van der Waals surface area contributed by atoms with Crippen molar-refractivity contribution in [3.05, 3.63) is 83.9 Å². The predicted octanol–water partition coefficient (Wildman–Crippen LogP) is 3.89. The van der Waals surface area contributed by atoms with Crippen molar-refractivity contribution in [1.29, 1.82) is 0 Å². The molecule has 8 heteroatoms. The molecule has 0 saturated heterocycles. The van der Waals surface area contributed by atoms with Crippen LogP contribution in [0.25, 0.3) is 0 Å². The molecule has 0 aliphatic heterocycles. The summed E-state index contributed by atoms with van der Waals surface area (Å²) < 4.78 is 14.8. The molecule has 146 valence electrons. The van der Waals surface area contributed by atoms with Crippen LogP contribution >= 0.6 is 0 Å². The molecule has 29 heavy (non-hydrogen) atoms. The zero-order valence-electron chi connectivity index (χ0n) is 14.8. The van der Waals surface area contributed by atoms with Crippen molar-refractivity contribution < 1.29 is 38.8 Å². The van der Waals surface area contributed by atoms with Gasteiger partial charge in [0, 0.05) is 0 Å². The number of phenolic OH excluding ortho intramolecular Hbond substituents is 1. The summed E-state index contributed by atoms with van der Waals surface area (Å²) in [5.41, 5.74) is 0.432. The molecule has 8 nitrogen and oxygen atoms in total. The predicted molar refractivity (Wildman–Crippen MR) is 99.6 cm³/mol. The van der Waals surface area contributed by atoms with Gasteiger partial charge in [-0.25, -0.2) is 14.4 Å². The average molecular weight is 394 g/mol. The van der Waals surface area contributed by atoms with Gasteiger partial charge in [0.1, 0.15) is 23.0 Å². The van der Waals surface area contributed by atoms with Crippen molar-refractivity contribution >= 4 is 18.1 Å². The van der Waals surface area contributed by atoms with E-state index in [-0.39, 0.29) is 34.1 Å². The fourth-order valence-corrected chi connectivity index (χ4v) is 2.27. The van der Waals surface area contributed by atoms with Crippen molar-refractivity contribution in [3.8, 4) is 23.0 Å². The summed E-state index contributed by atoms with van der Waals surface area (Å²) in [6.45, 7) is 0. The van der Waals surface area contributed by atoms with Crippen LogP contribution in [0.2, 0.25) is 0 Å². The lowest BCUT2D eigenvalue weighted by molar-refractivity contribution is 0.0720. The summed E-state index contributed by atoms with van der Waals surface area (Å²) >= 11 is 0. The van der Waals surface area contributed by atoms with Crippen LogP contribution in [-0.2, 0) is 0 Å². The van der Waals surface area contributed by atoms with Crippen molar-refractivity contribution in [3.63, 3.8) is 0 Å². The van der Waals surface area contributed by atoms with E-state index < -0.39 is 18.1 Å². The third kappa shape index (κ3) is 5.33. The number of benzene rings is 3. The minimum absolute atomic E-state index is 0.0525. The van der Waals surface area contributed by atoms with Crippen LogP contribution in [0.4, 0.5) is 4.79 Å². The molecule has 0 aliphatic carbocycles. The Labute approximate surface area is 164 Å². The Hall–Kier alpha value is -4.33. The first-order valence-corrected chi connectivity index (χ1v) is 8.25. The van der Waals surface area contributed by atoms with Crippen molar-refractivity contribution in [2.45, 2.75) is 0 Å². The first-order valence-electron chi connectivity index (χ1n) is 8.25. The monoisotopic (exact) mass is 394 g/mol. The van der Waals surface area contributed by atoms with Crippen LogP contribution in [0.15, 0.2) is 72.8 Å². The molecule has 3 aromatic rings. The zero-order chi connectivity index (χ0) is 20.8. The molecule has 0 heterocycles. The van der Waals surface area contributed by atoms with Gasteiger partial charge in [0.25, 0.3) is 0 Å². The fraction of sp³-hybridized carbons (Fsp3) is 0. The van der Waals surface area contributed by atoms with E-state index in [9.17, 15) is 19.5 Å². The summed E-state index contributed by atoms with van der Waals surface area (Å²) in [7, 11) is 0. The van der Waals surface area contributed by atoms with E-state index in [4.69, 9.17) is 14.6 Å². The maximum atomic E-state index is 12.2. The van der Waals surface area contributed by atoms with E-state index in [1.165, 1.54) is 72.8 Å². The number of hydrogen-bond donors (Lipinski definition) is 2. The van der Waals surface area contributed by atoms with Gasteiger partial charge in [-0.15, -0.1) is 0 Å². The van der Waals surface area contributed by atoms with Gasteiger partial charge in [-0.2, -0.15) is 0 Å². The van der Waals surface area contributed by atoms with Gasteiger partial charge in [0.2, 0.25) is 0 Å². The average Bonchev–Trinajstić information content (AvgIpc) is 2.71. The second kappa shape index (κ2) is 8.57. The molecule has 0 saturated carbocycles. The highest BCUT2D eigenvalue weighted by Gasteiger charge is 2.13. The van der Waals surface area contributed by atoms with Gasteiger partial charge in [0.05, 0.1) is 11.1 Å². The van der Waals surface area contributed by atoms with Gasteiger partial charge < -0.3 is 24.4 Å². The quantitative estimate of drug-likeness (QED) is 0.380. The topological polar surface area (TPSA) is 119 Å². The van der Waals surface area contributed by atoms with E-state index in [0.29, 0.717) is 0 Å². The first-order chi connectivity index (χ1) is 13.9. The number of phenols is 1. The molecule has 0 spiro atoms. The molecule has 3 aromatic carbocycles. The summed E-state index contributed by atoms with van der Waals surface area (Å²) in [4.78, 5) is 34.8. The first kappa shape index (κ1) is 19.4. The van der Waals surface area contributed by atoms with Gasteiger partial charge >= 0.3 is 18.1 Å². The Bertz CT molecular complexity index is 1020. The molecule has 0 aromatic heterocycles. The third-order valence-corrected chi connectivity index (χ3v) is 3.64. The standard InChI is InChI=1S/C21H14O8/c22-15-5-7-16(8-6-15)27-19(23)13-1-3-14(4-2-13)20(24)28-17-9-11-18(12-10-17)29-21(25)26/h1-12,22H,(H,25,26). The van der Waals surface area contributed by atoms with Gasteiger partial charge in [-0.3, -0.25) is 0 Å². The molecule has 3 rings (SSSR count). The van der Waals surface area contributed by atoms with Crippen molar-refractivity contribution in [2.24, 2.45) is 0 Å². The van der Waals surface area contributed by atoms with Crippen LogP contribution in [0.5, 0.6) is 23.0 Å². The molecule has 0 aliphatic rings. The lowest BCUT2D eigenvalue weighted by Gasteiger charge is -2.07. The summed E-state index contributed by atoms with van der Waals surface area (Å²) in [5, 5.41) is 17.8. The smallest absolute Gasteiger partial charge is 0.508 e. The van der Waals surface area contributed by atoms with Gasteiger partial charge in [0.15, 0.2) is 0 Å². The third-order valence-electron chi connectivity index (χ3n) is 3.64. The fourth-order valence-electron chi connectivity index (χ4n) is 2.27. The maximum Gasteiger partial charge on any atom is 0.511 e. The minimum atomic E-state index is -1.45. The largest absolute Gasteiger partial charge is 0.511 e. The highest BCUT2D eigenvalue weighted by molar-refractivity contribution is 5.94. The van der Waals surface area contributed by atoms with Crippen molar-refractivity contribution in [1.82, 2.24) is 0 Å². The number of carbonyl (C=O) groups excluding carboxylic acids is 2. The SMILES string of the molecule is O=C(O)Oc1ccc(OC(=O)c2ccc(C(=O)Oc3ccc(O)cc3)cc2)cc1. The number of carbonyl (C=O) groups is 3. The number of carboxylic acid groups (broad SMARTS) is 1. The van der Waals surface area contributed by atoms with Gasteiger partial charge in [-0.05, 0) is 72.8 Å². The number of esters is 2. The highest BCUT2D eigenvalue weighted by Crippen LogP contribution is 2.20. The lowest BCUT2D eigenvalue weighted by atomic mass is 10.1. The molecular weight excluding hydrogens is 380 g/mol. The molecule has 0 fully saturated rings. The zero-order valence-corrected chi connectivity index (χ0v) is 14.8. The summed E-state index contributed by atoms with van der Waals surface area (Å²) in [5.74, 6) is -0.666. The Morgan fingerprint density at radius 2 is 0.897 bits per heavy atom. The number of ether oxygens (including phenoxy) is 3. The van der Waals surface area contributed by atoms with Crippen LogP contribution < -0.4 is 14.2 Å². The second-order valence-electron chi connectivity index (χ2n) is 5.69. The van der Waals surface area contributed by atoms with E-state index >= 15 is 0 Å². The Morgan fingerprint density at radius 1 is 0.552 bits per heavy atom. The van der Waals surface area contributed by atoms with Crippen LogP contribution in [0, 0.1) is 0 Å². The van der Waals surface area contributed by atoms with E-state index in [0.717, 1.165) is 0 Å². The minimum Gasteiger partial charge on any atom is -0.508 e. The molecule has 0 radical (unpaired) electrons. The van der Waals surface area contributed by atoms with E-state index in [2.05, 4.69) is 4.74 Å². The van der Waals surface area contributed by atoms with Crippen LogP contribution in [0.1, 0.15) is 20.7 Å². The molecule has 0 atom stereocenters. The lowest BCUT2D eigenvalue weighted by Crippen LogP contribution is -2.11. The maximum absolute atomic E-state index is 12.2. The number of hydrogen-bond acceptors (Lipinski definition) is 7. The van der Waals surface area contributed by atoms with E-state index in [1.54, 1.807) is 0 Å². The Balaban J connectivity index is 1.61. The second-order valence-corrected chi connectivity index (χ2v) is 5.69. The molecular formula is C21H14O8. The van der Waals surface area contributed by atoms with Crippen molar-refractivity contribution in [2.75, 3.05) is 0 Å². The van der Waals surface area contributed by atoms with Crippen LogP contribution in [0.3, 0.4) is 0 Å². The van der Waals surface area contributed by atoms with E-state index in [1.807, 2.05) is 0 Å².